The fourth-order valence-electron chi connectivity index (χ4n) is 2.02. The van der Waals surface area contributed by atoms with E-state index in [4.69, 9.17) is 21.3 Å². The van der Waals surface area contributed by atoms with Crippen molar-refractivity contribution >= 4 is 44.4 Å². The molecule has 0 spiro atoms. The van der Waals surface area contributed by atoms with Gasteiger partial charge in [0, 0.05) is 5.39 Å². The maximum Gasteiger partial charge on any atom is 0.337 e. The lowest BCUT2D eigenvalue weighted by Crippen LogP contribution is -2.10. The van der Waals surface area contributed by atoms with Crippen LogP contribution < -0.4 is 0 Å². The second-order valence-corrected chi connectivity index (χ2v) is 5.84. The van der Waals surface area contributed by atoms with E-state index in [9.17, 15) is 23.1 Å². The summed E-state index contributed by atoms with van der Waals surface area (Å²) in [7, 11) is -4.65. The Bertz CT molecular complexity index is 886. The standard InChI is InChI=1S/C12H7ClO7S/c13-7-4-6(11(14)15)9(12(16)17)5-2-1-3-8(10(5)7)21(18,19)20/h1-4H,(H,14,15)(H,16,17)(H,18,19,20). The molecule has 0 radical (unpaired) electrons. The average Bonchev–Trinajstić information content (AvgIpc) is 2.36. The largest absolute Gasteiger partial charge is 0.478 e. The van der Waals surface area contributed by atoms with Crippen molar-refractivity contribution in [2.24, 2.45) is 0 Å². The van der Waals surface area contributed by atoms with Gasteiger partial charge in [0.1, 0.15) is 4.90 Å². The minimum atomic E-state index is -4.65. The zero-order valence-corrected chi connectivity index (χ0v) is 11.6. The Kier molecular flexibility index (Phi) is 3.62. The Morgan fingerprint density at radius 3 is 2.19 bits per heavy atom. The smallest absolute Gasteiger partial charge is 0.337 e. The van der Waals surface area contributed by atoms with Gasteiger partial charge in [-0.1, -0.05) is 23.7 Å². The Morgan fingerprint density at radius 2 is 1.71 bits per heavy atom. The van der Waals surface area contributed by atoms with E-state index in [1.165, 1.54) is 12.1 Å². The average molecular weight is 331 g/mol. The molecular weight excluding hydrogens is 324 g/mol. The number of hydrogen-bond donors (Lipinski definition) is 3. The van der Waals surface area contributed by atoms with Crippen LogP contribution in [-0.4, -0.2) is 35.1 Å². The Labute approximate surface area is 123 Å². The van der Waals surface area contributed by atoms with Crippen LogP contribution >= 0.6 is 11.6 Å². The van der Waals surface area contributed by atoms with Crippen LogP contribution in [0.4, 0.5) is 0 Å². The van der Waals surface area contributed by atoms with Gasteiger partial charge in [-0.25, -0.2) is 9.59 Å². The molecule has 7 nitrogen and oxygen atoms in total. The number of carboxylic acid groups (broad SMARTS) is 2. The summed E-state index contributed by atoms with van der Waals surface area (Å²) in [5, 5.41) is 17.5. The third-order valence-electron chi connectivity index (χ3n) is 2.80. The SMILES string of the molecule is O=C(O)c1cc(Cl)c2c(S(=O)(=O)O)cccc2c1C(=O)O. The predicted molar refractivity (Wildman–Crippen MR) is 72.7 cm³/mol. The van der Waals surface area contributed by atoms with E-state index in [0.717, 1.165) is 12.1 Å². The maximum absolute atomic E-state index is 11.3. The second kappa shape index (κ2) is 4.99. The summed E-state index contributed by atoms with van der Waals surface area (Å²) in [4.78, 5) is 21.8. The molecule has 0 aliphatic heterocycles. The first-order valence-corrected chi connectivity index (χ1v) is 7.15. The number of carbonyl (C=O) groups is 2. The minimum absolute atomic E-state index is 0.192. The van der Waals surface area contributed by atoms with Gasteiger partial charge in [0.15, 0.2) is 0 Å². The van der Waals surface area contributed by atoms with Gasteiger partial charge in [-0.3, -0.25) is 4.55 Å². The predicted octanol–water partition coefficient (Wildman–Crippen LogP) is 2.14. The van der Waals surface area contributed by atoms with Crippen molar-refractivity contribution in [1.29, 1.82) is 0 Å². The molecule has 21 heavy (non-hydrogen) atoms. The molecule has 0 bridgehead atoms. The fourth-order valence-corrected chi connectivity index (χ4v) is 3.11. The van der Waals surface area contributed by atoms with Crippen molar-refractivity contribution in [1.82, 2.24) is 0 Å². The molecule has 0 amide bonds. The monoisotopic (exact) mass is 330 g/mol. The van der Waals surface area contributed by atoms with E-state index >= 15 is 0 Å². The number of fused-ring (bicyclic) bond motifs is 1. The molecular formula is C12H7ClO7S. The van der Waals surface area contributed by atoms with Gasteiger partial charge in [0.25, 0.3) is 10.1 Å². The van der Waals surface area contributed by atoms with Gasteiger partial charge in [0.05, 0.1) is 16.1 Å². The van der Waals surface area contributed by atoms with E-state index < -0.39 is 38.1 Å². The number of hydrogen-bond acceptors (Lipinski definition) is 4. The highest BCUT2D eigenvalue weighted by Crippen LogP contribution is 2.34. The Hall–Kier alpha value is -2.16. The topological polar surface area (TPSA) is 129 Å². The summed E-state index contributed by atoms with van der Waals surface area (Å²) < 4.78 is 31.8. The summed E-state index contributed by atoms with van der Waals surface area (Å²) in [5.41, 5.74) is -1.18. The van der Waals surface area contributed by atoms with Crippen LogP contribution in [-0.2, 0) is 10.1 Å². The molecule has 110 valence electrons. The van der Waals surface area contributed by atoms with E-state index in [1.54, 1.807) is 0 Å². The molecule has 0 atom stereocenters. The van der Waals surface area contributed by atoms with Gasteiger partial charge in [-0.2, -0.15) is 8.42 Å². The first-order valence-electron chi connectivity index (χ1n) is 5.34. The molecule has 0 aromatic heterocycles. The summed E-state index contributed by atoms with van der Waals surface area (Å²) in [6.07, 6.45) is 0. The number of carboxylic acids is 2. The molecule has 0 fully saturated rings. The zero-order chi connectivity index (χ0) is 15.9. The Morgan fingerprint density at radius 1 is 1.10 bits per heavy atom. The fraction of sp³-hybridized carbons (Fsp3) is 0. The number of aromatic carboxylic acids is 2. The molecule has 0 aliphatic rings. The molecule has 0 saturated carbocycles. The van der Waals surface area contributed by atoms with Crippen molar-refractivity contribution in [3.63, 3.8) is 0 Å². The van der Waals surface area contributed by atoms with Gasteiger partial charge < -0.3 is 10.2 Å². The van der Waals surface area contributed by atoms with Crippen LogP contribution in [0.25, 0.3) is 10.8 Å². The first kappa shape index (κ1) is 15.2. The molecule has 2 aromatic rings. The van der Waals surface area contributed by atoms with Crippen LogP contribution in [0.2, 0.25) is 5.02 Å². The molecule has 0 saturated heterocycles. The Balaban J connectivity index is 3.12. The normalized spacial score (nSPS) is 11.5. The maximum atomic E-state index is 11.3. The molecule has 9 heteroatoms. The molecule has 0 heterocycles. The van der Waals surface area contributed by atoms with Gasteiger partial charge in [-0.15, -0.1) is 0 Å². The van der Waals surface area contributed by atoms with Gasteiger partial charge in [-0.05, 0) is 17.5 Å². The highest BCUT2D eigenvalue weighted by Gasteiger charge is 2.25. The number of rotatable bonds is 3. The molecule has 0 aliphatic carbocycles. The summed E-state index contributed by atoms with van der Waals surface area (Å²) >= 11 is 5.86. The van der Waals surface area contributed by atoms with Crippen molar-refractivity contribution in [3.05, 3.63) is 40.4 Å². The number of halogens is 1. The van der Waals surface area contributed by atoms with E-state index in [-0.39, 0.29) is 15.8 Å². The van der Waals surface area contributed by atoms with Gasteiger partial charge in [0.2, 0.25) is 0 Å². The number of benzene rings is 2. The summed E-state index contributed by atoms with van der Waals surface area (Å²) in [6.45, 7) is 0. The van der Waals surface area contributed by atoms with Crippen LogP contribution in [0.15, 0.2) is 29.2 Å². The van der Waals surface area contributed by atoms with Crippen molar-refractivity contribution in [2.45, 2.75) is 4.90 Å². The summed E-state index contributed by atoms with van der Waals surface area (Å²) in [6, 6.07) is 4.27. The summed E-state index contributed by atoms with van der Waals surface area (Å²) in [5.74, 6) is -3.07. The highest BCUT2D eigenvalue weighted by molar-refractivity contribution is 7.86. The van der Waals surface area contributed by atoms with Crippen molar-refractivity contribution in [2.75, 3.05) is 0 Å². The molecule has 2 rings (SSSR count). The molecule has 3 N–H and O–H groups in total. The van der Waals surface area contributed by atoms with E-state index in [1.807, 2.05) is 0 Å². The lowest BCUT2D eigenvalue weighted by Gasteiger charge is -2.11. The zero-order valence-electron chi connectivity index (χ0n) is 10.1. The first-order chi connectivity index (χ1) is 9.64. The van der Waals surface area contributed by atoms with Crippen LogP contribution in [0.5, 0.6) is 0 Å². The van der Waals surface area contributed by atoms with Crippen LogP contribution in [0, 0.1) is 0 Å². The molecule has 2 aromatic carbocycles. The van der Waals surface area contributed by atoms with Crippen LogP contribution in [0.1, 0.15) is 20.7 Å². The minimum Gasteiger partial charge on any atom is -0.478 e. The highest BCUT2D eigenvalue weighted by atomic mass is 35.5. The van der Waals surface area contributed by atoms with E-state index in [0.29, 0.717) is 0 Å². The van der Waals surface area contributed by atoms with Crippen LogP contribution in [0.3, 0.4) is 0 Å². The lowest BCUT2D eigenvalue weighted by atomic mass is 9.99. The van der Waals surface area contributed by atoms with Crippen molar-refractivity contribution < 1.29 is 32.8 Å². The lowest BCUT2D eigenvalue weighted by molar-refractivity contribution is 0.0653. The van der Waals surface area contributed by atoms with E-state index in [2.05, 4.69) is 0 Å². The van der Waals surface area contributed by atoms with Gasteiger partial charge >= 0.3 is 11.9 Å². The third-order valence-corrected chi connectivity index (χ3v) is 3.99. The van der Waals surface area contributed by atoms with Crippen molar-refractivity contribution in [3.8, 4) is 0 Å². The quantitative estimate of drug-likeness (QED) is 0.735. The third kappa shape index (κ3) is 2.56. The molecule has 0 unspecified atom stereocenters. The second-order valence-electron chi connectivity index (χ2n) is 4.05.